The third kappa shape index (κ3) is 3.24. The van der Waals surface area contributed by atoms with Crippen LogP contribution in [0.2, 0.25) is 0 Å². The summed E-state index contributed by atoms with van der Waals surface area (Å²) in [6.45, 7) is 4.14. The maximum atomic E-state index is 11.7. The molecule has 1 fully saturated rings. The normalized spacial score (nSPS) is 15.9. The van der Waals surface area contributed by atoms with Crippen molar-refractivity contribution in [2.45, 2.75) is 25.7 Å². The first-order valence-corrected chi connectivity index (χ1v) is 6.25. The van der Waals surface area contributed by atoms with Crippen LogP contribution in [-0.4, -0.2) is 26.0 Å². The molecule has 1 aliphatic heterocycles. The van der Waals surface area contributed by atoms with Gasteiger partial charge < -0.3 is 10.6 Å². The number of carbonyl (C=O) groups is 1. The second kappa shape index (κ2) is 6.76. The van der Waals surface area contributed by atoms with Gasteiger partial charge in [0.2, 0.25) is 0 Å². The maximum Gasteiger partial charge on any atom is 0.251 e. The van der Waals surface area contributed by atoms with Gasteiger partial charge in [-0.15, -0.1) is 12.4 Å². The van der Waals surface area contributed by atoms with E-state index in [1.807, 2.05) is 6.92 Å². The van der Waals surface area contributed by atoms with Crippen LogP contribution in [0, 0.1) is 6.92 Å². The SMILES string of the molecule is CNC(=O)c1cc(C2CCNCC2)ccc1C.Cl. The molecule has 2 N–H and O–H groups in total. The largest absolute Gasteiger partial charge is 0.355 e. The van der Waals surface area contributed by atoms with E-state index in [0.717, 1.165) is 37.1 Å². The lowest BCUT2D eigenvalue weighted by Gasteiger charge is -2.23. The molecule has 1 aliphatic rings. The second-order valence-corrected chi connectivity index (χ2v) is 4.68. The average Bonchev–Trinajstić information content (AvgIpc) is 2.39. The van der Waals surface area contributed by atoms with E-state index in [0.29, 0.717) is 5.92 Å². The fraction of sp³-hybridized carbons (Fsp3) is 0.500. The standard InChI is InChI=1S/C14H20N2O.ClH/c1-10-3-4-12(9-13(10)14(17)15-2)11-5-7-16-8-6-11;/h3-4,9,11,16H,5-8H2,1-2H3,(H,15,17);1H. The molecule has 1 heterocycles. The van der Waals surface area contributed by atoms with Gasteiger partial charge in [0.05, 0.1) is 0 Å². The summed E-state index contributed by atoms with van der Waals surface area (Å²) in [6.07, 6.45) is 2.33. The highest BCUT2D eigenvalue weighted by atomic mass is 35.5. The van der Waals surface area contributed by atoms with Gasteiger partial charge in [-0.1, -0.05) is 12.1 Å². The van der Waals surface area contributed by atoms with Crippen molar-refractivity contribution >= 4 is 18.3 Å². The van der Waals surface area contributed by atoms with Crippen LogP contribution in [-0.2, 0) is 0 Å². The number of amides is 1. The highest BCUT2D eigenvalue weighted by molar-refractivity contribution is 5.95. The van der Waals surface area contributed by atoms with Gasteiger partial charge in [0.25, 0.3) is 5.91 Å². The molecule has 0 unspecified atom stereocenters. The number of hydrogen-bond donors (Lipinski definition) is 2. The zero-order valence-corrected chi connectivity index (χ0v) is 11.8. The van der Waals surface area contributed by atoms with Crippen LogP contribution in [0.1, 0.15) is 40.2 Å². The van der Waals surface area contributed by atoms with E-state index in [4.69, 9.17) is 0 Å². The van der Waals surface area contributed by atoms with Crippen LogP contribution in [0.4, 0.5) is 0 Å². The van der Waals surface area contributed by atoms with Gasteiger partial charge in [0, 0.05) is 12.6 Å². The molecule has 0 radical (unpaired) electrons. The predicted octanol–water partition coefficient (Wildman–Crippen LogP) is 2.24. The molecule has 1 saturated heterocycles. The molecular formula is C14H21ClN2O. The van der Waals surface area contributed by atoms with Crippen LogP contribution in [0.3, 0.4) is 0 Å². The Morgan fingerprint density at radius 1 is 1.33 bits per heavy atom. The summed E-state index contributed by atoms with van der Waals surface area (Å²) in [5.74, 6) is 0.610. The fourth-order valence-electron chi connectivity index (χ4n) is 2.43. The van der Waals surface area contributed by atoms with Crippen molar-refractivity contribution < 1.29 is 4.79 Å². The van der Waals surface area contributed by atoms with E-state index in [2.05, 4.69) is 28.8 Å². The third-order valence-corrected chi connectivity index (χ3v) is 3.54. The van der Waals surface area contributed by atoms with Gasteiger partial charge in [0.1, 0.15) is 0 Å². The number of halogens is 1. The molecule has 0 aliphatic carbocycles. The Balaban J connectivity index is 0.00000162. The Kier molecular flexibility index (Phi) is 5.63. The highest BCUT2D eigenvalue weighted by Gasteiger charge is 2.17. The lowest BCUT2D eigenvalue weighted by atomic mass is 9.88. The van der Waals surface area contributed by atoms with Crippen LogP contribution in [0.15, 0.2) is 18.2 Å². The summed E-state index contributed by atoms with van der Waals surface area (Å²) in [5.41, 5.74) is 3.15. The van der Waals surface area contributed by atoms with Crippen molar-refractivity contribution in [2.24, 2.45) is 0 Å². The molecule has 0 spiro atoms. The molecule has 0 bridgehead atoms. The first-order chi connectivity index (χ1) is 8.22. The summed E-state index contributed by atoms with van der Waals surface area (Å²) in [6, 6.07) is 6.28. The van der Waals surface area contributed by atoms with Crippen molar-refractivity contribution in [3.05, 3.63) is 34.9 Å². The Morgan fingerprint density at radius 3 is 2.61 bits per heavy atom. The quantitative estimate of drug-likeness (QED) is 0.864. The summed E-state index contributed by atoms with van der Waals surface area (Å²) in [5, 5.41) is 6.07. The maximum absolute atomic E-state index is 11.7. The number of carbonyl (C=O) groups excluding carboxylic acids is 1. The highest BCUT2D eigenvalue weighted by Crippen LogP contribution is 2.26. The van der Waals surface area contributed by atoms with E-state index in [9.17, 15) is 4.79 Å². The lowest BCUT2D eigenvalue weighted by molar-refractivity contribution is 0.0962. The molecule has 3 nitrogen and oxygen atoms in total. The topological polar surface area (TPSA) is 41.1 Å². The lowest BCUT2D eigenvalue weighted by Crippen LogP contribution is -2.27. The van der Waals surface area contributed by atoms with Gasteiger partial charge in [-0.3, -0.25) is 4.79 Å². The molecule has 100 valence electrons. The van der Waals surface area contributed by atoms with Gasteiger partial charge in [-0.25, -0.2) is 0 Å². The minimum absolute atomic E-state index is 0. The Hall–Kier alpha value is -1.06. The molecule has 2 rings (SSSR count). The number of piperidine rings is 1. The van der Waals surface area contributed by atoms with E-state index in [1.165, 1.54) is 5.56 Å². The van der Waals surface area contributed by atoms with Crippen molar-refractivity contribution in [1.82, 2.24) is 10.6 Å². The molecule has 0 aromatic heterocycles. The summed E-state index contributed by atoms with van der Waals surface area (Å²) >= 11 is 0. The van der Waals surface area contributed by atoms with Crippen LogP contribution in [0.25, 0.3) is 0 Å². The van der Waals surface area contributed by atoms with Crippen molar-refractivity contribution in [3.63, 3.8) is 0 Å². The zero-order chi connectivity index (χ0) is 12.3. The van der Waals surface area contributed by atoms with E-state index in [1.54, 1.807) is 7.05 Å². The van der Waals surface area contributed by atoms with Crippen molar-refractivity contribution in [3.8, 4) is 0 Å². The van der Waals surface area contributed by atoms with Gasteiger partial charge in [-0.2, -0.15) is 0 Å². The fourth-order valence-corrected chi connectivity index (χ4v) is 2.43. The summed E-state index contributed by atoms with van der Waals surface area (Å²) in [4.78, 5) is 11.7. The monoisotopic (exact) mass is 268 g/mol. The van der Waals surface area contributed by atoms with Crippen LogP contribution in [0.5, 0.6) is 0 Å². The minimum atomic E-state index is 0. The number of nitrogens with one attached hydrogen (secondary N) is 2. The zero-order valence-electron chi connectivity index (χ0n) is 11.0. The minimum Gasteiger partial charge on any atom is -0.355 e. The van der Waals surface area contributed by atoms with Crippen LogP contribution < -0.4 is 10.6 Å². The molecule has 4 heteroatoms. The van der Waals surface area contributed by atoms with E-state index >= 15 is 0 Å². The molecule has 0 saturated carbocycles. The molecule has 1 amide bonds. The number of aryl methyl sites for hydroxylation is 1. The predicted molar refractivity (Wildman–Crippen MR) is 76.7 cm³/mol. The summed E-state index contributed by atoms with van der Waals surface area (Å²) < 4.78 is 0. The smallest absolute Gasteiger partial charge is 0.251 e. The molecule has 1 aromatic carbocycles. The Labute approximate surface area is 115 Å². The summed E-state index contributed by atoms with van der Waals surface area (Å²) in [7, 11) is 1.68. The van der Waals surface area contributed by atoms with Crippen LogP contribution >= 0.6 is 12.4 Å². The first kappa shape index (κ1) is 15.0. The van der Waals surface area contributed by atoms with Gasteiger partial charge in [0.15, 0.2) is 0 Å². The van der Waals surface area contributed by atoms with Crippen molar-refractivity contribution in [2.75, 3.05) is 20.1 Å². The molecule has 1 aromatic rings. The van der Waals surface area contributed by atoms with E-state index < -0.39 is 0 Å². The first-order valence-electron chi connectivity index (χ1n) is 6.25. The number of rotatable bonds is 2. The molecule has 18 heavy (non-hydrogen) atoms. The number of benzene rings is 1. The van der Waals surface area contributed by atoms with Gasteiger partial charge >= 0.3 is 0 Å². The molecule has 0 atom stereocenters. The Bertz CT molecular complexity index is 414. The Morgan fingerprint density at radius 2 is 2.00 bits per heavy atom. The second-order valence-electron chi connectivity index (χ2n) is 4.68. The van der Waals surface area contributed by atoms with Crippen molar-refractivity contribution in [1.29, 1.82) is 0 Å². The third-order valence-electron chi connectivity index (χ3n) is 3.54. The average molecular weight is 269 g/mol. The number of hydrogen-bond acceptors (Lipinski definition) is 2. The molecular weight excluding hydrogens is 248 g/mol. The van der Waals surface area contributed by atoms with E-state index in [-0.39, 0.29) is 18.3 Å². The van der Waals surface area contributed by atoms with Gasteiger partial charge in [-0.05, 0) is 56.0 Å².